The lowest BCUT2D eigenvalue weighted by atomic mass is 9.75. The van der Waals surface area contributed by atoms with E-state index < -0.39 is 5.72 Å². The molecule has 2 aromatic carbocycles. The van der Waals surface area contributed by atoms with Gasteiger partial charge in [-0.25, -0.2) is 19.7 Å². The highest BCUT2D eigenvalue weighted by atomic mass is 16.7. The minimum absolute atomic E-state index is 0.000562. The maximum absolute atomic E-state index is 7.29. The zero-order chi connectivity index (χ0) is 19.4. The molecule has 0 aromatic heterocycles. The van der Waals surface area contributed by atoms with Crippen LogP contribution in [0.25, 0.3) is 16.0 Å². The van der Waals surface area contributed by atoms with Crippen LogP contribution in [0.4, 0.5) is 5.69 Å². The summed E-state index contributed by atoms with van der Waals surface area (Å²) < 4.78 is 5.64. The lowest BCUT2D eigenvalue weighted by molar-refractivity contribution is -0.178. The monoisotopic (exact) mass is 374 g/mol. The predicted octanol–water partition coefficient (Wildman–Crippen LogP) is 3.70. The molecule has 1 aliphatic carbocycles. The molecule has 1 saturated heterocycles. The Kier molecular flexibility index (Phi) is 3.73. The van der Waals surface area contributed by atoms with E-state index in [4.69, 9.17) is 26.9 Å². The van der Waals surface area contributed by atoms with Crippen molar-refractivity contribution >= 4 is 11.6 Å². The molecule has 28 heavy (non-hydrogen) atoms. The van der Waals surface area contributed by atoms with Crippen molar-refractivity contribution in [3.63, 3.8) is 0 Å². The molecule has 2 N–H and O–H groups in total. The Bertz CT molecular complexity index is 1020. The van der Waals surface area contributed by atoms with E-state index in [1.165, 1.54) is 5.56 Å². The summed E-state index contributed by atoms with van der Waals surface area (Å²) in [5, 5.41) is 1.56. The van der Waals surface area contributed by atoms with Crippen molar-refractivity contribution in [3.8, 4) is 11.1 Å². The number of benzene rings is 2. The maximum atomic E-state index is 7.29. The SMILES string of the molecule is [C-]#[N+]c1cccc(-c2ccc3c(c2)C2(CC34CCOCC4)N=C(N)N(C)O2)c1. The van der Waals surface area contributed by atoms with Gasteiger partial charge in [-0.3, -0.25) is 0 Å². The number of hydrogen-bond acceptors (Lipinski definition) is 5. The fourth-order valence-electron chi connectivity index (χ4n) is 4.85. The molecule has 3 aliphatic rings. The first-order valence-electron chi connectivity index (χ1n) is 9.54. The van der Waals surface area contributed by atoms with Crippen molar-refractivity contribution in [1.82, 2.24) is 5.06 Å². The topological polar surface area (TPSA) is 64.4 Å². The van der Waals surface area contributed by atoms with Gasteiger partial charge in [0, 0.05) is 37.7 Å². The minimum Gasteiger partial charge on any atom is -0.381 e. The molecule has 6 heteroatoms. The molecule has 6 nitrogen and oxygen atoms in total. The van der Waals surface area contributed by atoms with E-state index in [1.807, 2.05) is 24.3 Å². The Hall–Kier alpha value is -2.88. The number of ether oxygens (including phenoxy) is 1. The second-order valence-corrected chi connectivity index (χ2v) is 7.84. The summed E-state index contributed by atoms with van der Waals surface area (Å²) in [5.74, 6) is 0.399. The Morgan fingerprint density at radius 3 is 2.61 bits per heavy atom. The van der Waals surface area contributed by atoms with Gasteiger partial charge in [0.05, 0.1) is 6.57 Å². The molecule has 5 rings (SSSR count). The van der Waals surface area contributed by atoms with Gasteiger partial charge in [0.25, 0.3) is 0 Å². The molecule has 2 spiro atoms. The van der Waals surface area contributed by atoms with Crippen LogP contribution in [-0.2, 0) is 20.7 Å². The summed E-state index contributed by atoms with van der Waals surface area (Å²) in [5.41, 5.74) is 10.4. The van der Waals surface area contributed by atoms with E-state index >= 15 is 0 Å². The summed E-state index contributed by atoms with van der Waals surface area (Å²) in [7, 11) is 1.80. The van der Waals surface area contributed by atoms with E-state index in [1.54, 1.807) is 12.1 Å². The number of hydroxylamine groups is 2. The van der Waals surface area contributed by atoms with E-state index in [0.29, 0.717) is 11.6 Å². The molecule has 2 aliphatic heterocycles. The van der Waals surface area contributed by atoms with Crippen LogP contribution in [0.15, 0.2) is 47.5 Å². The molecular weight excluding hydrogens is 352 g/mol. The average molecular weight is 374 g/mol. The Morgan fingerprint density at radius 2 is 1.89 bits per heavy atom. The number of fused-ring (bicyclic) bond motifs is 3. The van der Waals surface area contributed by atoms with Crippen molar-refractivity contribution in [2.75, 3.05) is 20.3 Å². The molecule has 1 fully saturated rings. The predicted molar refractivity (Wildman–Crippen MR) is 107 cm³/mol. The molecule has 0 radical (unpaired) electrons. The standard InChI is InChI=1S/C22H22N4O2/c1-24-17-5-3-4-15(12-17)16-6-7-18-19(13-16)22(25-20(23)26(2)28-22)14-21(18)8-10-27-11-9-21/h3-7,12-13H,8-11,14H2,2H3,(H2,23,25). The van der Waals surface area contributed by atoms with E-state index in [2.05, 4.69) is 23.0 Å². The van der Waals surface area contributed by atoms with Crippen molar-refractivity contribution in [3.05, 3.63) is 65.0 Å². The van der Waals surface area contributed by atoms with Crippen LogP contribution in [0.5, 0.6) is 0 Å². The zero-order valence-electron chi connectivity index (χ0n) is 15.8. The Labute approximate surface area is 164 Å². The van der Waals surface area contributed by atoms with Crippen LogP contribution in [0, 0.1) is 6.57 Å². The highest BCUT2D eigenvalue weighted by molar-refractivity contribution is 5.79. The van der Waals surface area contributed by atoms with Crippen molar-refractivity contribution in [2.45, 2.75) is 30.4 Å². The van der Waals surface area contributed by atoms with Crippen molar-refractivity contribution in [2.24, 2.45) is 10.7 Å². The fourth-order valence-corrected chi connectivity index (χ4v) is 4.85. The van der Waals surface area contributed by atoms with Gasteiger partial charge in [0.15, 0.2) is 5.69 Å². The van der Waals surface area contributed by atoms with Crippen LogP contribution in [-0.4, -0.2) is 31.3 Å². The summed E-state index contributed by atoms with van der Waals surface area (Å²) >= 11 is 0. The second-order valence-electron chi connectivity index (χ2n) is 7.84. The maximum Gasteiger partial charge on any atom is 0.218 e. The number of aliphatic imine (C=N–C) groups is 1. The molecule has 0 bridgehead atoms. The van der Waals surface area contributed by atoms with E-state index in [-0.39, 0.29) is 5.41 Å². The number of hydrogen-bond donors (Lipinski definition) is 1. The van der Waals surface area contributed by atoms with Gasteiger partial charge >= 0.3 is 0 Å². The fraction of sp³-hybridized carbons (Fsp3) is 0.364. The third-order valence-electron chi connectivity index (χ3n) is 6.25. The number of nitrogens with zero attached hydrogens (tertiary/aromatic N) is 3. The first-order chi connectivity index (χ1) is 13.6. The third kappa shape index (κ3) is 2.44. The quantitative estimate of drug-likeness (QED) is 0.773. The van der Waals surface area contributed by atoms with Crippen LogP contribution in [0.3, 0.4) is 0 Å². The summed E-state index contributed by atoms with van der Waals surface area (Å²) in [4.78, 5) is 14.6. The summed E-state index contributed by atoms with van der Waals surface area (Å²) in [6, 6.07) is 14.2. The number of guanidine groups is 1. The lowest BCUT2D eigenvalue weighted by Gasteiger charge is -2.35. The largest absolute Gasteiger partial charge is 0.381 e. The number of rotatable bonds is 1. The number of nitrogens with two attached hydrogens (primary N) is 1. The molecule has 0 amide bonds. The van der Waals surface area contributed by atoms with Crippen LogP contribution < -0.4 is 5.73 Å². The van der Waals surface area contributed by atoms with Crippen molar-refractivity contribution in [1.29, 1.82) is 0 Å². The molecular formula is C22H22N4O2. The van der Waals surface area contributed by atoms with Gasteiger partial charge in [-0.05, 0) is 41.7 Å². The zero-order valence-corrected chi connectivity index (χ0v) is 15.8. The molecule has 1 atom stereocenters. The molecule has 142 valence electrons. The highest BCUT2D eigenvalue weighted by Gasteiger charge is 2.57. The van der Waals surface area contributed by atoms with Gasteiger partial charge in [-0.1, -0.05) is 30.3 Å². The van der Waals surface area contributed by atoms with Crippen LogP contribution in [0.1, 0.15) is 30.4 Å². The molecule has 2 aromatic rings. The van der Waals surface area contributed by atoms with Gasteiger partial charge < -0.3 is 10.5 Å². The highest BCUT2D eigenvalue weighted by Crippen LogP contribution is 2.57. The van der Waals surface area contributed by atoms with E-state index in [9.17, 15) is 0 Å². The Morgan fingerprint density at radius 1 is 1.11 bits per heavy atom. The molecule has 0 saturated carbocycles. The van der Waals surface area contributed by atoms with Crippen LogP contribution in [0.2, 0.25) is 0 Å². The first-order valence-corrected chi connectivity index (χ1v) is 9.54. The normalized spacial score (nSPS) is 25.0. The first kappa shape index (κ1) is 17.2. The second kappa shape index (κ2) is 6.06. The third-order valence-corrected chi connectivity index (χ3v) is 6.25. The van der Waals surface area contributed by atoms with Gasteiger partial charge in [-0.2, -0.15) is 0 Å². The molecule has 2 heterocycles. The van der Waals surface area contributed by atoms with Crippen LogP contribution >= 0.6 is 0 Å². The Balaban J connectivity index is 1.67. The minimum atomic E-state index is -0.779. The van der Waals surface area contributed by atoms with Gasteiger partial charge in [0.2, 0.25) is 11.7 Å². The summed E-state index contributed by atoms with van der Waals surface area (Å²) in [6.07, 6.45) is 2.68. The molecule has 1 unspecified atom stereocenters. The van der Waals surface area contributed by atoms with E-state index in [0.717, 1.165) is 49.2 Å². The van der Waals surface area contributed by atoms with Gasteiger partial charge in [0.1, 0.15) is 0 Å². The average Bonchev–Trinajstić information content (AvgIpc) is 3.14. The lowest BCUT2D eigenvalue weighted by Crippen LogP contribution is -2.35. The van der Waals surface area contributed by atoms with Gasteiger partial charge in [-0.15, -0.1) is 0 Å². The smallest absolute Gasteiger partial charge is 0.218 e. The van der Waals surface area contributed by atoms with Crippen molar-refractivity contribution < 1.29 is 9.57 Å². The summed E-state index contributed by atoms with van der Waals surface area (Å²) in [6.45, 7) is 8.79.